The molecular formula is C86H80Br2O9. The summed E-state index contributed by atoms with van der Waals surface area (Å²) in [7, 11) is 1.60. The number of benzene rings is 13. The molecule has 0 saturated carbocycles. The molecule has 97 heavy (non-hydrogen) atoms. The molecule has 0 aromatic heterocycles. The highest BCUT2D eigenvalue weighted by Gasteiger charge is 2.23. The minimum atomic E-state index is 0. The molecule has 16 rings (SSSR count). The third-order valence-electron chi connectivity index (χ3n) is 17.7. The monoisotopic (exact) mass is 1410 g/mol. The maximum absolute atomic E-state index is 11.4. The summed E-state index contributed by atoms with van der Waals surface area (Å²) in [4.78, 5) is 11.4. The molecular weight excluding hydrogens is 1340 g/mol. The van der Waals surface area contributed by atoms with Gasteiger partial charge in [-0.1, -0.05) is 202 Å². The Labute approximate surface area is 585 Å². The first-order valence-electron chi connectivity index (χ1n) is 32.0. The van der Waals surface area contributed by atoms with E-state index in [4.69, 9.17) is 24.1 Å². The summed E-state index contributed by atoms with van der Waals surface area (Å²) in [5, 5.41) is 46.5. The number of carbonyl (C=O) groups is 1. The summed E-state index contributed by atoms with van der Waals surface area (Å²) in [5.41, 5.74) is 18.6. The van der Waals surface area contributed by atoms with E-state index >= 15 is 0 Å². The van der Waals surface area contributed by atoms with Crippen LogP contribution in [0.15, 0.2) is 233 Å². The third kappa shape index (κ3) is 16.0. The van der Waals surface area contributed by atoms with Crippen LogP contribution in [-0.4, -0.2) is 33.3 Å². The molecule has 13 aromatic rings. The lowest BCUT2D eigenvalue weighted by molar-refractivity contribution is 0.0972. The van der Waals surface area contributed by atoms with Crippen molar-refractivity contribution in [3.8, 4) is 62.5 Å². The second kappa shape index (κ2) is 31.8. The zero-order chi connectivity index (χ0) is 67.6. The molecule has 0 bridgehead atoms. The van der Waals surface area contributed by atoms with Crippen molar-refractivity contribution in [1.82, 2.24) is 0 Å². The average molecular weight is 1420 g/mol. The molecule has 1 aliphatic carbocycles. The topological polar surface area (TPSA) is 135 Å². The summed E-state index contributed by atoms with van der Waals surface area (Å²) in [5.74, 6) is 4.69. The molecule has 0 spiro atoms. The Morgan fingerprint density at radius 1 is 0.433 bits per heavy atom. The largest absolute Gasteiger partial charge is 0.508 e. The van der Waals surface area contributed by atoms with Gasteiger partial charge in [-0.3, -0.25) is 4.79 Å². The van der Waals surface area contributed by atoms with Crippen molar-refractivity contribution in [2.45, 2.75) is 94.7 Å². The lowest BCUT2D eigenvalue weighted by atomic mass is 9.88. The highest BCUT2D eigenvalue weighted by atomic mass is 79.9. The Morgan fingerprint density at radius 2 is 0.907 bits per heavy atom. The molecule has 0 amide bonds. The van der Waals surface area contributed by atoms with E-state index in [9.17, 15) is 20.1 Å². The Morgan fingerprint density at radius 3 is 1.54 bits per heavy atom. The molecule has 3 aliphatic rings. The minimum Gasteiger partial charge on any atom is -0.508 e. The predicted octanol–water partition coefficient (Wildman–Crippen LogP) is 22.6. The number of rotatable bonds is 5. The highest BCUT2D eigenvalue weighted by Crippen LogP contribution is 2.46. The molecule has 13 aromatic carbocycles. The molecule has 0 fully saturated rings. The number of fused-ring (bicyclic) bond motifs is 13. The van der Waals surface area contributed by atoms with Crippen LogP contribution in [0.3, 0.4) is 0 Å². The van der Waals surface area contributed by atoms with E-state index < -0.39 is 0 Å². The first-order chi connectivity index (χ1) is 46.5. The van der Waals surface area contributed by atoms with Gasteiger partial charge in [0.1, 0.15) is 60.1 Å². The number of hydrogen-bond acceptors (Lipinski definition) is 9. The van der Waals surface area contributed by atoms with Gasteiger partial charge in [-0.25, -0.2) is 0 Å². The average Bonchev–Trinajstić information content (AvgIpc) is 0.765. The number of aryl methyl sites for hydroxylation is 6. The van der Waals surface area contributed by atoms with Crippen molar-refractivity contribution in [3.63, 3.8) is 0 Å². The summed E-state index contributed by atoms with van der Waals surface area (Å²) >= 11 is 6.89. The van der Waals surface area contributed by atoms with Gasteiger partial charge >= 0.3 is 0 Å². The molecule has 492 valence electrons. The quantitative estimate of drug-likeness (QED) is 0.133. The number of carbonyl (C=O) groups excluding carboxylic acids is 1. The van der Waals surface area contributed by atoms with Crippen molar-refractivity contribution in [2.24, 2.45) is 0 Å². The molecule has 0 radical (unpaired) electrons. The van der Waals surface area contributed by atoms with Gasteiger partial charge in [0.15, 0.2) is 5.78 Å². The number of aliphatic hydroxyl groups is 1. The van der Waals surface area contributed by atoms with E-state index in [2.05, 4.69) is 170 Å². The van der Waals surface area contributed by atoms with Crippen LogP contribution in [0.4, 0.5) is 0 Å². The standard InChI is InChI=1S/C19H17BrO.C19H16O.C17H12O3.C11H12O.C11H10O.C8H9BrO2.CH4/c1-13-9-10-18(20)15(11-13)12-21-19-8-4-6-16-14(2)5-3-7-17(16)19;1-12-6-7-16-14(10-12)11-20-19-17-5-3-4-13(2)15(17)8-9-18(16)19;18-11-4-5-12-10(8-11)9-20-17-14-2-1-3-16(19)13(14)6-7-15(12)17;2*1-8-4-2-6-10-9(8)5-3-7-11(10)12;1-11-7-2-3-8(9)6(4-7)5-10;/h3-11H,12H2,1-2H3;3-10H,11H2,1-2H3;1-8,18-19H,9H2;2,4,6H,3,5,7H2,1H3;2-7,12H,1H3;2-4,10H,5H2,1H3;1H4. The normalized spacial score (nSPS) is 11.9. The Hall–Kier alpha value is -9.91. The second-order valence-corrected chi connectivity index (χ2v) is 26.0. The van der Waals surface area contributed by atoms with Crippen LogP contribution in [0.2, 0.25) is 0 Å². The van der Waals surface area contributed by atoms with Crippen LogP contribution in [-0.2, 0) is 32.8 Å². The smallest absolute Gasteiger partial charge is 0.163 e. The summed E-state index contributed by atoms with van der Waals surface area (Å²) < 4.78 is 25.0. The predicted molar refractivity (Wildman–Crippen MR) is 404 cm³/mol. The van der Waals surface area contributed by atoms with Crippen LogP contribution in [0.1, 0.15) is 91.8 Å². The van der Waals surface area contributed by atoms with E-state index in [1.54, 1.807) is 37.4 Å². The van der Waals surface area contributed by atoms with Gasteiger partial charge in [0.05, 0.1) is 13.7 Å². The number of phenols is 3. The molecule has 4 N–H and O–H groups in total. The summed E-state index contributed by atoms with van der Waals surface area (Å²) in [6.07, 6.45) is 2.83. The number of phenolic OH excluding ortho intramolecular Hbond substituents is 3. The third-order valence-corrected chi connectivity index (χ3v) is 19.2. The lowest BCUT2D eigenvalue weighted by Crippen LogP contribution is -2.11. The number of ether oxygens (including phenoxy) is 4. The number of halogens is 2. The van der Waals surface area contributed by atoms with Crippen molar-refractivity contribution < 1.29 is 44.2 Å². The van der Waals surface area contributed by atoms with Crippen molar-refractivity contribution >= 4 is 80.7 Å². The number of Topliss-reactive ketones (excluding diaryl/α,β-unsaturated/α-hetero) is 1. The van der Waals surface area contributed by atoms with Crippen LogP contribution >= 0.6 is 31.9 Å². The zero-order valence-electron chi connectivity index (χ0n) is 54.9. The molecule has 0 unspecified atom stereocenters. The lowest BCUT2D eigenvalue weighted by Gasteiger charge is -2.23. The highest BCUT2D eigenvalue weighted by molar-refractivity contribution is 9.10. The van der Waals surface area contributed by atoms with E-state index in [1.165, 1.54) is 82.7 Å². The number of methoxy groups -OCH3 is 1. The Bertz CT molecular complexity index is 4830. The van der Waals surface area contributed by atoms with Gasteiger partial charge in [-0.2, -0.15) is 0 Å². The van der Waals surface area contributed by atoms with Crippen molar-refractivity contribution in [2.75, 3.05) is 7.11 Å². The number of ketones is 1. The van der Waals surface area contributed by atoms with E-state index in [1.807, 2.05) is 97.9 Å². The summed E-state index contributed by atoms with van der Waals surface area (Å²) in [6, 6.07) is 73.9. The van der Waals surface area contributed by atoms with Crippen LogP contribution in [0.5, 0.6) is 40.2 Å². The first-order valence-corrected chi connectivity index (χ1v) is 33.6. The molecule has 9 nitrogen and oxygen atoms in total. The Kier molecular flexibility index (Phi) is 22.9. The second-order valence-electron chi connectivity index (χ2n) is 24.3. The van der Waals surface area contributed by atoms with Gasteiger partial charge in [0.2, 0.25) is 0 Å². The van der Waals surface area contributed by atoms with Crippen molar-refractivity contribution in [3.05, 3.63) is 300 Å². The zero-order valence-corrected chi connectivity index (χ0v) is 58.1. The molecule has 0 atom stereocenters. The van der Waals surface area contributed by atoms with Gasteiger partial charge in [0.25, 0.3) is 0 Å². The fraction of sp³-hybridized carbons (Fsp3) is 0.174. The molecule has 2 aliphatic heterocycles. The minimum absolute atomic E-state index is 0. The van der Waals surface area contributed by atoms with E-state index in [0.29, 0.717) is 31.4 Å². The summed E-state index contributed by atoms with van der Waals surface area (Å²) in [6.45, 7) is 14.3. The SMILES string of the molecule is C.COc1ccc(Br)c(CO)c1.Cc1ccc(Br)c(COc2cccc3c(C)cccc23)c1.Cc1ccc2c(c1)COc1c-2ccc2c(C)cccc12.Cc1cccc2c(O)cccc12.Cc1cccc2c1CCCC2=O.Oc1ccc2c(c1)COc1c-2ccc2c(O)cccc12. The maximum atomic E-state index is 11.4. The van der Waals surface area contributed by atoms with Crippen molar-refractivity contribution in [1.29, 1.82) is 0 Å². The fourth-order valence-electron chi connectivity index (χ4n) is 12.5. The maximum Gasteiger partial charge on any atom is 0.163 e. The van der Waals surface area contributed by atoms with Gasteiger partial charge in [0, 0.05) is 70.1 Å². The number of aliphatic hydroxyl groups excluding tert-OH is 1. The van der Waals surface area contributed by atoms with E-state index in [0.717, 1.165) is 101 Å². The van der Waals surface area contributed by atoms with Gasteiger partial charge in [-0.05, 0) is 193 Å². The molecule has 11 heteroatoms. The van der Waals surface area contributed by atoms with Gasteiger partial charge < -0.3 is 39.4 Å². The molecule has 2 heterocycles. The first kappa shape index (κ1) is 69.9. The molecule has 0 saturated heterocycles. The van der Waals surface area contributed by atoms with Crippen LogP contribution in [0, 0.1) is 41.5 Å². The number of hydrogen-bond donors (Lipinski definition) is 4. The van der Waals surface area contributed by atoms with Crippen LogP contribution < -0.4 is 18.9 Å². The van der Waals surface area contributed by atoms with E-state index in [-0.39, 0.29) is 25.5 Å². The number of aromatic hydroxyl groups is 3. The van der Waals surface area contributed by atoms with Crippen LogP contribution in [0.25, 0.3) is 65.3 Å². The Balaban J connectivity index is 0.000000129. The van der Waals surface area contributed by atoms with Gasteiger partial charge in [-0.15, -0.1) is 0 Å². The fourth-order valence-corrected chi connectivity index (χ4v) is 13.3.